The van der Waals surface area contributed by atoms with Gasteiger partial charge in [0.15, 0.2) is 0 Å². The van der Waals surface area contributed by atoms with E-state index in [1.165, 1.54) is 37.7 Å². The van der Waals surface area contributed by atoms with Gasteiger partial charge in [-0.05, 0) is 48.2 Å². The number of rotatable bonds is 5. The summed E-state index contributed by atoms with van der Waals surface area (Å²) in [5.41, 5.74) is 2.51. The van der Waals surface area contributed by atoms with E-state index in [-0.39, 0.29) is 0 Å². The van der Waals surface area contributed by atoms with Crippen LogP contribution in [-0.2, 0) is 6.54 Å². The largest absolute Gasteiger partial charge is 0.304 e. The summed E-state index contributed by atoms with van der Waals surface area (Å²) in [5, 5.41) is 12.6. The zero-order chi connectivity index (χ0) is 13.8. The Morgan fingerprint density at radius 1 is 1.35 bits per heavy atom. The van der Waals surface area contributed by atoms with Gasteiger partial charge in [0.05, 0.1) is 11.7 Å². The predicted octanol–water partition coefficient (Wildman–Crippen LogP) is 4.30. The first-order valence-corrected chi connectivity index (χ1v) is 8.57. The van der Waals surface area contributed by atoms with Crippen LogP contribution in [0.25, 0.3) is 0 Å². The van der Waals surface area contributed by atoms with Crippen LogP contribution in [0.3, 0.4) is 0 Å². The molecule has 1 saturated carbocycles. The van der Waals surface area contributed by atoms with Gasteiger partial charge in [-0.2, -0.15) is 16.4 Å². The molecule has 0 radical (unpaired) electrons. The zero-order valence-corrected chi connectivity index (χ0v) is 12.9. The molecule has 20 heavy (non-hydrogen) atoms. The maximum Gasteiger partial charge on any atom is 0.0762 e. The van der Waals surface area contributed by atoms with E-state index in [9.17, 15) is 0 Å². The number of hydrogen-bond donors (Lipinski definition) is 1. The molecule has 4 heteroatoms. The summed E-state index contributed by atoms with van der Waals surface area (Å²) in [6, 6.07) is 5.36. The molecular formula is C16H23N3S. The molecule has 1 aliphatic carbocycles. The monoisotopic (exact) mass is 289 g/mol. The highest BCUT2D eigenvalue weighted by Crippen LogP contribution is 2.27. The van der Waals surface area contributed by atoms with Crippen molar-refractivity contribution in [2.75, 3.05) is 0 Å². The van der Waals surface area contributed by atoms with Crippen LogP contribution in [0.15, 0.2) is 29.1 Å². The van der Waals surface area contributed by atoms with Crippen LogP contribution in [0, 0.1) is 0 Å². The van der Waals surface area contributed by atoms with Crippen molar-refractivity contribution >= 4 is 11.3 Å². The van der Waals surface area contributed by atoms with Gasteiger partial charge in [-0.3, -0.25) is 4.68 Å². The molecule has 1 atom stereocenters. The Morgan fingerprint density at radius 3 is 2.95 bits per heavy atom. The van der Waals surface area contributed by atoms with E-state index in [1.807, 2.05) is 0 Å². The molecule has 3 nitrogen and oxygen atoms in total. The average Bonchev–Trinajstić information content (AvgIpc) is 3.17. The Kier molecular flexibility index (Phi) is 4.53. The van der Waals surface area contributed by atoms with Crippen molar-refractivity contribution in [3.05, 3.63) is 40.3 Å². The van der Waals surface area contributed by atoms with Crippen LogP contribution in [0.5, 0.6) is 0 Å². The normalized spacial score (nSPS) is 18.2. The number of thiophene rings is 1. The molecule has 0 amide bonds. The van der Waals surface area contributed by atoms with Gasteiger partial charge in [-0.1, -0.05) is 19.3 Å². The van der Waals surface area contributed by atoms with Crippen LogP contribution < -0.4 is 5.32 Å². The summed E-state index contributed by atoms with van der Waals surface area (Å²) in [5.74, 6) is 0. The van der Waals surface area contributed by atoms with Crippen LogP contribution >= 0.6 is 11.3 Å². The molecule has 1 fully saturated rings. The average molecular weight is 289 g/mol. The minimum atomic E-state index is 0.390. The third-order valence-electron chi connectivity index (χ3n) is 4.24. The molecule has 0 aromatic carbocycles. The van der Waals surface area contributed by atoms with Crippen molar-refractivity contribution in [2.24, 2.45) is 0 Å². The van der Waals surface area contributed by atoms with Gasteiger partial charge in [0, 0.05) is 18.8 Å². The highest BCUT2D eigenvalue weighted by molar-refractivity contribution is 7.07. The molecule has 0 bridgehead atoms. The van der Waals surface area contributed by atoms with E-state index in [2.05, 4.69) is 46.0 Å². The lowest BCUT2D eigenvalue weighted by atomic mass is 9.96. The fraction of sp³-hybridized carbons (Fsp3) is 0.562. The Balaban J connectivity index is 1.54. The molecule has 2 heterocycles. The third-order valence-corrected chi connectivity index (χ3v) is 4.95. The summed E-state index contributed by atoms with van der Waals surface area (Å²) in [7, 11) is 0. The van der Waals surface area contributed by atoms with Gasteiger partial charge < -0.3 is 5.32 Å². The number of hydrogen-bond acceptors (Lipinski definition) is 3. The first kappa shape index (κ1) is 13.8. The van der Waals surface area contributed by atoms with Gasteiger partial charge in [0.25, 0.3) is 0 Å². The first-order chi connectivity index (χ1) is 9.83. The smallest absolute Gasteiger partial charge is 0.0762 e. The minimum absolute atomic E-state index is 0.390. The van der Waals surface area contributed by atoms with Crippen molar-refractivity contribution in [3.63, 3.8) is 0 Å². The molecule has 1 aliphatic rings. The molecule has 2 aromatic heterocycles. The van der Waals surface area contributed by atoms with Crippen LogP contribution in [0.4, 0.5) is 0 Å². The lowest BCUT2D eigenvalue weighted by molar-refractivity contribution is 0.327. The summed E-state index contributed by atoms with van der Waals surface area (Å²) >= 11 is 1.75. The lowest BCUT2D eigenvalue weighted by Gasteiger charge is -2.21. The van der Waals surface area contributed by atoms with Crippen molar-refractivity contribution < 1.29 is 0 Å². The Labute approximate surface area is 125 Å². The second-order valence-corrected chi connectivity index (χ2v) is 6.52. The second kappa shape index (κ2) is 6.55. The maximum absolute atomic E-state index is 4.74. The summed E-state index contributed by atoms with van der Waals surface area (Å²) in [6.07, 6.45) is 8.84. The van der Waals surface area contributed by atoms with E-state index < -0.39 is 0 Å². The van der Waals surface area contributed by atoms with Crippen molar-refractivity contribution in [3.8, 4) is 0 Å². The van der Waals surface area contributed by atoms with Crippen LogP contribution in [-0.4, -0.2) is 9.78 Å². The standard InChI is InChI=1S/C16H23N3S/c1-13(14-8-10-20-12-14)17-11-15-7-9-19(18-15)16-5-3-2-4-6-16/h7-10,12-13,16-17H,2-6,11H2,1H3. The van der Waals surface area contributed by atoms with Gasteiger partial charge >= 0.3 is 0 Å². The Morgan fingerprint density at radius 2 is 2.20 bits per heavy atom. The molecule has 1 N–H and O–H groups in total. The molecule has 0 aliphatic heterocycles. The molecule has 0 saturated heterocycles. The highest BCUT2D eigenvalue weighted by atomic mass is 32.1. The van der Waals surface area contributed by atoms with Gasteiger partial charge in [0.1, 0.15) is 0 Å². The van der Waals surface area contributed by atoms with E-state index in [0.717, 1.165) is 12.2 Å². The summed E-state index contributed by atoms with van der Waals surface area (Å²) in [6.45, 7) is 3.05. The maximum atomic E-state index is 4.74. The zero-order valence-electron chi connectivity index (χ0n) is 12.1. The fourth-order valence-corrected chi connectivity index (χ4v) is 3.67. The van der Waals surface area contributed by atoms with Crippen molar-refractivity contribution in [2.45, 2.75) is 57.7 Å². The van der Waals surface area contributed by atoms with Crippen molar-refractivity contribution in [1.29, 1.82) is 0 Å². The van der Waals surface area contributed by atoms with Gasteiger partial charge in [-0.25, -0.2) is 0 Å². The fourth-order valence-electron chi connectivity index (χ4n) is 2.92. The number of aromatic nitrogens is 2. The Hall–Kier alpha value is -1.13. The van der Waals surface area contributed by atoms with Crippen LogP contribution in [0.1, 0.15) is 62.4 Å². The number of nitrogens with one attached hydrogen (secondary N) is 1. The SMILES string of the molecule is CC(NCc1ccn(C2CCCCC2)n1)c1ccsc1. The van der Waals surface area contributed by atoms with E-state index in [1.54, 1.807) is 11.3 Å². The molecule has 108 valence electrons. The second-order valence-electron chi connectivity index (χ2n) is 5.74. The lowest BCUT2D eigenvalue weighted by Crippen LogP contribution is -2.19. The topological polar surface area (TPSA) is 29.9 Å². The Bertz CT molecular complexity index is 512. The van der Waals surface area contributed by atoms with Gasteiger partial charge in [-0.15, -0.1) is 0 Å². The van der Waals surface area contributed by atoms with E-state index in [0.29, 0.717) is 12.1 Å². The van der Waals surface area contributed by atoms with Crippen molar-refractivity contribution in [1.82, 2.24) is 15.1 Å². The summed E-state index contributed by atoms with van der Waals surface area (Å²) in [4.78, 5) is 0. The quantitative estimate of drug-likeness (QED) is 0.889. The first-order valence-electron chi connectivity index (χ1n) is 7.62. The van der Waals surface area contributed by atoms with Gasteiger partial charge in [0.2, 0.25) is 0 Å². The molecule has 0 spiro atoms. The highest BCUT2D eigenvalue weighted by Gasteiger charge is 2.16. The van der Waals surface area contributed by atoms with E-state index >= 15 is 0 Å². The molecule has 2 aromatic rings. The summed E-state index contributed by atoms with van der Waals surface area (Å²) < 4.78 is 2.19. The number of nitrogens with zero attached hydrogens (tertiary/aromatic N) is 2. The van der Waals surface area contributed by atoms with E-state index in [4.69, 9.17) is 5.10 Å². The van der Waals surface area contributed by atoms with Crippen LogP contribution in [0.2, 0.25) is 0 Å². The molecule has 3 rings (SSSR count). The third kappa shape index (κ3) is 3.30. The molecular weight excluding hydrogens is 266 g/mol. The molecule has 1 unspecified atom stereocenters. The predicted molar refractivity (Wildman–Crippen MR) is 83.9 cm³/mol. The minimum Gasteiger partial charge on any atom is -0.304 e.